The van der Waals surface area contributed by atoms with Crippen molar-refractivity contribution in [1.82, 2.24) is 0 Å². The molecule has 2 N–H and O–H groups in total. The van der Waals surface area contributed by atoms with Gasteiger partial charge in [0.05, 0.1) is 14.8 Å². The Kier molecular flexibility index (Phi) is 4.16. The number of benzene rings is 2. The van der Waals surface area contributed by atoms with Crippen molar-refractivity contribution in [3.05, 3.63) is 57.2 Å². The first-order chi connectivity index (χ1) is 9.06. The highest BCUT2D eigenvalue weighted by Gasteiger charge is 2.02. The summed E-state index contributed by atoms with van der Waals surface area (Å²) in [4.78, 5) is 15.0. The molecule has 0 aliphatic rings. The number of aromatic carboxylic acids is 1. The van der Waals surface area contributed by atoms with Crippen LogP contribution in [-0.4, -0.2) is 22.4 Å². The highest BCUT2D eigenvalue weighted by molar-refractivity contribution is 14.1. The molecule has 0 spiro atoms. The minimum atomic E-state index is -0.976. The van der Waals surface area contributed by atoms with Crippen molar-refractivity contribution in [2.24, 2.45) is 4.99 Å². The number of phenolic OH excluding ortho intramolecular Hbond substituents is 1. The maximum absolute atomic E-state index is 10.8. The summed E-state index contributed by atoms with van der Waals surface area (Å²) in [7, 11) is 0. The molecule has 2 aromatic rings. The molecule has 0 saturated carbocycles. The highest BCUT2D eigenvalue weighted by Crippen LogP contribution is 2.20. The Bertz CT molecular complexity index is 653. The van der Waals surface area contributed by atoms with Gasteiger partial charge in [0.1, 0.15) is 5.75 Å². The molecule has 0 aliphatic heterocycles. The molecule has 19 heavy (non-hydrogen) atoms. The van der Waals surface area contributed by atoms with E-state index in [0.29, 0.717) is 5.69 Å². The number of carboxylic acids is 1. The molecular formula is C14H10INO3. The number of phenols is 1. The average Bonchev–Trinajstić information content (AvgIpc) is 2.40. The summed E-state index contributed by atoms with van der Waals surface area (Å²) in [5.74, 6) is -0.748. The molecule has 0 aliphatic carbocycles. The van der Waals surface area contributed by atoms with E-state index >= 15 is 0 Å². The normalized spacial score (nSPS) is 10.8. The summed E-state index contributed by atoms with van der Waals surface area (Å²) in [6, 6.07) is 11.5. The molecule has 96 valence electrons. The van der Waals surface area contributed by atoms with Gasteiger partial charge in [0.2, 0.25) is 0 Å². The first kappa shape index (κ1) is 13.5. The van der Waals surface area contributed by atoms with Crippen LogP contribution in [0.1, 0.15) is 15.9 Å². The van der Waals surface area contributed by atoms with Crippen LogP contribution in [0.4, 0.5) is 5.69 Å². The third-order valence-electron chi connectivity index (χ3n) is 2.43. The SMILES string of the molecule is O=C(O)c1cccc(N=Cc2ccc(O)c(I)c2)c1. The van der Waals surface area contributed by atoms with Gasteiger partial charge in [-0.15, -0.1) is 0 Å². The molecule has 5 heteroatoms. The van der Waals surface area contributed by atoms with E-state index in [-0.39, 0.29) is 11.3 Å². The molecule has 0 saturated heterocycles. The first-order valence-electron chi connectivity index (χ1n) is 5.42. The number of aromatic hydroxyl groups is 1. The molecule has 0 amide bonds. The molecule has 4 nitrogen and oxygen atoms in total. The van der Waals surface area contributed by atoms with E-state index in [4.69, 9.17) is 5.11 Å². The van der Waals surface area contributed by atoms with Gasteiger partial charge in [0.25, 0.3) is 0 Å². The van der Waals surface area contributed by atoms with Gasteiger partial charge in [0, 0.05) is 6.21 Å². The predicted molar refractivity (Wildman–Crippen MR) is 81.5 cm³/mol. The molecule has 0 aromatic heterocycles. The summed E-state index contributed by atoms with van der Waals surface area (Å²) in [5, 5.41) is 18.3. The van der Waals surface area contributed by atoms with Crippen LogP contribution in [0.25, 0.3) is 0 Å². The van der Waals surface area contributed by atoms with E-state index in [2.05, 4.69) is 4.99 Å². The summed E-state index contributed by atoms with van der Waals surface area (Å²) < 4.78 is 0.737. The molecular weight excluding hydrogens is 357 g/mol. The lowest BCUT2D eigenvalue weighted by molar-refractivity contribution is 0.0697. The van der Waals surface area contributed by atoms with Crippen LogP contribution in [0.15, 0.2) is 47.5 Å². The van der Waals surface area contributed by atoms with Crippen LogP contribution in [0, 0.1) is 3.57 Å². The van der Waals surface area contributed by atoms with Crippen molar-refractivity contribution in [3.8, 4) is 5.75 Å². The van der Waals surface area contributed by atoms with Crippen LogP contribution in [-0.2, 0) is 0 Å². The summed E-state index contributed by atoms with van der Waals surface area (Å²) in [6.45, 7) is 0. The van der Waals surface area contributed by atoms with E-state index in [9.17, 15) is 9.90 Å². The molecule has 0 radical (unpaired) electrons. The summed E-state index contributed by atoms with van der Waals surface area (Å²) in [6.07, 6.45) is 1.63. The van der Waals surface area contributed by atoms with E-state index < -0.39 is 5.97 Å². The number of nitrogens with zero attached hydrogens (tertiary/aromatic N) is 1. The second-order valence-corrected chi connectivity index (χ2v) is 4.99. The second kappa shape index (κ2) is 5.83. The first-order valence-corrected chi connectivity index (χ1v) is 6.50. The fourth-order valence-electron chi connectivity index (χ4n) is 1.47. The van der Waals surface area contributed by atoms with Crippen molar-refractivity contribution >= 4 is 40.5 Å². The lowest BCUT2D eigenvalue weighted by atomic mass is 10.2. The van der Waals surface area contributed by atoms with E-state index in [1.807, 2.05) is 22.6 Å². The Morgan fingerprint density at radius 1 is 1.21 bits per heavy atom. The highest BCUT2D eigenvalue weighted by atomic mass is 127. The third-order valence-corrected chi connectivity index (χ3v) is 3.29. The molecule has 0 unspecified atom stereocenters. The lowest BCUT2D eigenvalue weighted by Crippen LogP contribution is -1.94. The number of carbonyl (C=O) groups is 1. The maximum atomic E-state index is 10.8. The summed E-state index contributed by atoms with van der Waals surface area (Å²) >= 11 is 2.03. The van der Waals surface area contributed by atoms with Gasteiger partial charge in [-0.3, -0.25) is 4.99 Å². The van der Waals surface area contributed by atoms with Crippen molar-refractivity contribution in [3.63, 3.8) is 0 Å². The van der Waals surface area contributed by atoms with Gasteiger partial charge in [-0.2, -0.15) is 0 Å². The number of hydrogen-bond donors (Lipinski definition) is 2. The Morgan fingerprint density at radius 2 is 2.00 bits per heavy atom. The number of hydrogen-bond acceptors (Lipinski definition) is 3. The minimum Gasteiger partial charge on any atom is -0.507 e. The van der Waals surface area contributed by atoms with E-state index in [1.54, 1.807) is 36.5 Å². The number of aliphatic imine (C=N–C) groups is 1. The number of carboxylic acid groups (broad SMARTS) is 1. The molecule has 0 heterocycles. The Morgan fingerprint density at radius 3 is 2.68 bits per heavy atom. The van der Waals surface area contributed by atoms with Crippen molar-refractivity contribution in [2.45, 2.75) is 0 Å². The van der Waals surface area contributed by atoms with Gasteiger partial charge in [0.15, 0.2) is 0 Å². The number of halogens is 1. The molecule has 0 bridgehead atoms. The van der Waals surface area contributed by atoms with Gasteiger partial charge >= 0.3 is 5.97 Å². The largest absolute Gasteiger partial charge is 0.507 e. The standard InChI is InChI=1S/C14H10INO3/c15-12-6-9(4-5-13(12)17)8-16-11-3-1-2-10(7-11)14(18)19/h1-8,17H,(H,18,19). The quantitative estimate of drug-likeness (QED) is 0.645. The maximum Gasteiger partial charge on any atom is 0.335 e. The van der Waals surface area contributed by atoms with Gasteiger partial charge in [-0.1, -0.05) is 6.07 Å². The van der Waals surface area contributed by atoms with E-state index in [1.165, 1.54) is 12.1 Å². The van der Waals surface area contributed by atoms with Gasteiger partial charge in [-0.25, -0.2) is 4.79 Å². The lowest BCUT2D eigenvalue weighted by Gasteiger charge is -1.99. The molecule has 0 fully saturated rings. The molecule has 2 rings (SSSR count). The number of rotatable bonds is 3. The van der Waals surface area contributed by atoms with Crippen LogP contribution in [0.2, 0.25) is 0 Å². The van der Waals surface area contributed by atoms with Crippen LogP contribution in [0.5, 0.6) is 5.75 Å². The molecule has 0 atom stereocenters. The van der Waals surface area contributed by atoms with E-state index in [0.717, 1.165) is 9.13 Å². The Hall–Kier alpha value is -1.89. The van der Waals surface area contributed by atoms with Crippen molar-refractivity contribution in [2.75, 3.05) is 0 Å². The van der Waals surface area contributed by atoms with Crippen LogP contribution >= 0.6 is 22.6 Å². The Labute approximate surface area is 123 Å². The smallest absolute Gasteiger partial charge is 0.335 e. The fraction of sp³-hybridized carbons (Fsp3) is 0. The van der Waals surface area contributed by atoms with Crippen molar-refractivity contribution in [1.29, 1.82) is 0 Å². The third kappa shape index (κ3) is 3.54. The van der Waals surface area contributed by atoms with Crippen LogP contribution < -0.4 is 0 Å². The van der Waals surface area contributed by atoms with Crippen LogP contribution in [0.3, 0.4) is 0 Å². The predicted octanol–water partition coefficient (Wildman–Crippen LogP) is 3.45. The molecule has 2 aromatic carbocycles. The zero-order chi connectivity index (χ0) is 13.8. The Balaban J connectivity index is 2.24. The summed E-state index contributed by atoms with van der Waals surface area (Å²) in [5.41, 5.74) is 1.61. The monoisotopic (exact) mass is 367 g/mol. The second-order valence-electron chi connectivity index (χ2n) is 3.82. The van der Waals surface area contributed by atoms with Crippen molar-refractivity contribution < 1.29 is 15.0 Å². The zero-order valence-corrected chi connectivity index (χ0v) is 11.9. The van der Waals surface area contributed by atoms with Gasteiger partial charge < -0.3 is 10.2 Å². The fourth-order valence-corrected chi connectivity index (χ4v) is 2.01. The minimum absolute atomic E-state index is 0.204. The van der Waals surface area contributed by atoms with Gasteiger partial charge in [-0.05, 0) is 64.6 Å². The zero-order valence-electron chi connectivity index (χ0n) is 9.75. The topological polar surface area (TPSA) is 69.9 Å². The average molecular weight is 367 g/mol.